The lowest BCUT2D eigenvalue weighted by Crippen LogP contribution is -2.59. The van der Waals surface area contributed by atoms with E-state index in [9.17, 15) is 4.39 Å². The maximum atomic E-state index is 13.9. The van der Waals surface area contributed by atoms with E-state index in [1.807, 2.05) is 18.2 Å². The zero-order chi connectivity index (χ0) is 18.6. The fourth-order valence-corrected chi connectivity index (χ4v) is 4.22. The van der Waals surface area contributed by atoms with Crippen LogP contribution in [0.3, 0.4) is 0 Å². The van der Waals surface area contributed by atoms with Crippen LogP contribution in [0, 0.1) is 5.82 Å². The van der Waals surface area contributed by atoms with E-state index in [1.165, 1.54) is 44.0 Å². The number of benzene rings is 2. The molecule has 3 nitrogen and oxygen atoms in total. The minimum absolute atomic E-state index is 0.135. The standard InChI is InChI=1S/C22H26ClFN2O/c23-21-8-5-9-22(24)20(21)16-27-19-7-4-6-17(12-19)13-25-14-18(15-25)26-10-2-1-3-11-26/h4-9,12,18H,1-3,10-11,13-16H2. The molecule has 4 rings (SSSR count). The topological polar surface area (TPSA) is 15.7 Å². The van der Waals surface area contributed by atoms with E-state index in [1.54, 1.807) is 12.1 Å². The third-order valence-corrected chi connectivity index (χ3v) is 5.95. The minimum atomic E-state index is -0.331. The van der Waals surface area contributed by atoms with Crippen molar-refractivity contribution in [3.05, 3.63) is 64.4 Å². The van der Waals surface area contributed by atoms with Gasteiger partial charge in [0.05, 0.1) is 5.02 Å². The summed E-state index contributed by atoms with van der Waals surface area (Å²) in [5.74, 6) is 0.419. The van der Waals surface area contributed by atoms with Crippen molar-refractivity contribution in [2.45, 2.75) is 38.5 Å². The van der Waals surface area contributed by atoms with Gasteiger partial charge in [-0.1, -0.05) is 36.2 Å². The molecular formula is C22H26ClFN2O. The number of piperidine rings is 1. The lowest BCUT2D eigenvalue weighted by atomic mass is 10.0. The largest absolute Gasteiger partial charge is 0.489 e. The highest BCUT2D eigenvalue weighted by Crippen LogP contribution is 2.24. The number of nitrogens with zero attached hydrogens (tertiary/aromatic N) is 2. The average Bonchev–Trinajstić information content (AvgIpc) is 2.65. The fourth-order valence-electron chi connectivity index (χ4n) is 4.00. The van der Waals surface area contributed by atoms with Crippen molar-refractivity contribution in [3.8, 4) is 5.75 Å². The molecule has 0 spiro atoms. The van der Waals surface area contributed by atoms with Gasteiger partial charge in [-0.2, -0.15) is 0 Å². The summed E-state index contributed by atoms with van der Waals surface area (Å²) in [4.78, 5) is 5.13. The van der Waals surface area contributed by atoms with E-state index in [2.05, 4.69) is 15.9 Å². The first-order valence-electron chi connectivity index (χ1n) is 9.80. The first kappa shape index (κ1) is 18.7. The number of halogens is 2. The molecule has 0 radical (unpaired) electrons. The number of likely N-dealkylation sites (tertiary alicyclic amines) is 2. The zero-order valence-corrected chi connectivity index (χ0v) is 16.3. The van der Waals surface area contributed by atoms with Crippen molar-refractivity contribution in [3.63, 3.8) is 0 Å². The molecule has 2 aromatic rings. The Balaban J connectivity index is 1.29. The van der Waals surface area contributed by atoms with E-state index in [4.69, 9.17) is 16.3 Å². The van der Waals surface area contributed by atoms with E-state index in [0.717, 1.165) is 31.4 Å². The molecule has 0 bridgehead atoms. The molecule has 0 atom stereocenters. The summed E-state index contributed by atoms with van der Waals surface area (Å²) in [5.41, 5.74) is 1.63. The van der Waals surface area contributed by atoms with Gasteiger partial charge in [-0.3, -0.25) is 9.80 Å². The van der Waals surface area contributed by atoms with Gasteiger partial charge in [0.25, 0.3) is 0 Å². The van der Waals surface area contributed by atoms with Gasteiger partial charge in [0.1, 0.15) is 18.2 Å². The lowest BCUT2D eigenvalue weighted by molar-refractivity contribution is 0.0185. The van der Waals surface area contributed by atoms with Crippen molar-refractivity contribution in [2.75, 3.05) is 26.2 Å². The second-order valence-corrected chi connectivity index (χ2v) is 7.99. The highest BCUT2D eigenvalue weighted by atomic mass is 35.5. The zero-order valence-electron chi connectivity index (χ0n) is 15.5. The molecule has 0 saturated carbocycles. The highest BCUT2D eigenvalue weighted by molar-refractivity contribution is 6.31. The summed E-state index contributed by atoms with van der Waals surface area (Å²) in [6.45, 7) is 5.89. The second-order valence-electron chi connectivity index (χ2n) is 7.58. The molecule has 0 aliphatic carbocycles. The third kappa shape index (κ3) is 4.63. The van der Waals surface area contributed by atoms with E-state index >= 15 is 0 Å². The van der Waals surface area contributed by atoms with Crippen LogP contribution in [0.15, 0.2) is 42.5 Å². The van der Waals surface area contributed by atoms with Crippen molar-refractivity contribution >= 4 is 11.6 Å². The summed E-state index contributed by atoms with van der Waals surface area (Å²) >= 11 is 6.07. The molecule has 2 aromatic carbocycles. The average molecular weight is 389 g/mol. The van der Waals surface area contributed by atoms with Crippen LogP contribution in [0.2, 0.25) is 5.02 Å². The van der Waals surface area contributed by atoms with E-state index in [0.29, 0.717) is 10.6 Å². The van der Waals surface area contributed by atoms with Gasteiger partial charge in [-0.15, -0.1) is 0 Å². The smallest absolute Gasteiger partial charge is 0.131 e. The van der Waals surface area contributed by atoms with Crippen LogP contribution < -0.4 is 4.74 Å². The summed E-state index contributed by atoms with van der Waals surface area (Å²) in [5, 5.41) is 0.399. The molecule has 2 heterocycles. The Labute approximate surface area is 165 Å². The molecular weight excluding hydrogens is 363 g/mol. The summed E-state index contributed by atoms with van der Waals surface area (Å²) in [7, 11) is 0. The summed E-state index contributed by atoms with van der Waals surface area (Å²) < 4.78 is 19.7. The van der Waals surface area contributed by atoms with Crippen molar-refractivity contribution < 1.29 is 9.13 Å². The summed E-state index contributed by atoms with van der Waals surface area (Å²) in [6, 6.07) is 13.5. The Morgan fingerprint density at radius 2 is 1.81 bits per heavy atom. The molecule has 2 aliphatic rings. The Morgan fingerprint density at radius 1 is 1.04 bits per heavy atom. The van der Waals surface area contributed by atoms with E-state index in [-0.39, 0.29) is 12.4 Å². The molecule has 2 fully saturated rings. The van der Waals surface area contributed by atoms with Crippen LogP contribution in [0.4, 0.5) is 4.39 Å². The SMILES string of the molecule is Fc1cccc(Cl)c1COc1cccc(CN2CC(N3CCCCC3)C2)c1. The maximum Gasteiger partial charge on any atom is 0.131 e. The maximum absolute atomic E-state index is 13.9. The van der Waals surface area contributed by atoms with Crippen molar-refractivity contribution in [1.82, 2.24) is 9.80 Å². The Morgan fingerprint density at radius 3 is 2.59 bits per heavy atom. The monoisotopic (exact) mass is 388 g/mol. The Kier molecular flexibility index (Phi) is 5.96. The molecule has 0 amide bonds. The first-order valence-corrected chi connectivity index (χ1v) is 10.2. The van der Waals surface area contributed by atoms with Gasteiger partial charge >= 0.3 is 0 Å². The molecule has 2 aliphatic heterocycles. The predicted octanol–water partition coefficient (Wildman–Crippen LogP) is 4.73. The van der Waals surface area contributed by atoms with Crippen LogP contribution in [0.1, 0.15) is 30.4 Å². The lowest BCUT2D eigenvalue weighted by Gasteiger charge is -2.46. The third-order valence-electron chi connectivity index (χ3n) is 5.59. The van der Waals surface area contributed by atoms with Gasteiger partial charge in [0.15, 0.2) is 0 Å². The Bertz CT molecular complexity index is 752. The van der Waals surface area contributed by atoms with Crippen molar-refractivity contribution in [2.24, 2.45) is 0 Å². The van der Waals surface area contributed by atoms with Crippen LogP contribution in [0.5, 0.6) is 5.75 Å². The second kappa shape index (κ2) is 8.59. The molecule has 2 saturated heterocycles. The molecule has 0 N–H and O–H groups in total. The van der Waals surface area contributed by atoms with Gasteiger partial charge in [-0.25, -0.2) is 4.39 Å². The quantitative estimate of drug-likeness (QED) is 0.711. The number of hydrogen-bond acceptors (Lipinski definition) is 3. The number of hydrogen-bond donors (Lipinski definition) is 0. The minimum Gasteiger partial charge on any atom is -0.489 e. The Hall–Kier alpha value is -1.62. The number of rotatable bonds is 6. The number of ether oxygens (including phenoxy) is 1. The van der Waals surface area contributed by atoms with Gasteiger partial charge < -0.3 is 4.74 Å². The van der Waals surface area contributed by atoms with Crippen LogP contribution in [0.25, 0.3) is 0 Å². The molecule has 27 heavy (non-hydrogen) atoms. The fraction of sp³-hybridized carbons (Fsp3) is 0.455. The van der Waals surface area contributed by atoms with Crippen LogP contribution in [-0.2, 0) is 13.2 Å². The molecule has 0 aromatic heterocycles. The van der Waals surface area contributed by atoms with Gasteiger partial charge in [0, 0.05) is 31.2 Å². The van der Waals surface area contributed by atoms with Gasteiger partial charge in [0.2, 0.25) is 0 Å². The highest BCUT2D eigenvalue weighted by Gasteiger charge is 2.32. The predicted molar refractivity (Wildman–Crippen MR) is 107 cm³/mol. The molecule has 0 unspecified atom stereocenters. The first-order chi connectivity index (χ1) is 13.2. The summed E-state index contributed by atoms with van der Waals surface area (Å²) in [6.07, 6.45) is 4.08. The van der Waals surface area contributed by atoms with Gasteiger partial charge in [-0.05, 0) is 55.8 Å². The van der Waals surface area contributed by atoms with Crippen LogP contribution >= 0.6 is 11.6 Å². The van der Waals surface area contributed by atoms with E-state index < -0.39 is 0 Å². The van der Waals surface area contributed by atoms with Crippen molar-refractivity contribution in [1.29, 1.82) is 0 Å². The molecule has 144 valence electrons. The molecule has 5 heteroatoms. The normalized spacial score (nSPS) is 19.0. The van der Waals surface area contributed by atoms with Crippen LogP contribution in [-0.4, -0.2) is 42.0 Å².